The van der Waals surface area contributed by atoms with E-state index >= 15 is 0 Å². The number of aryl methyl sites for hydroxylation is 1. The lowest BCUT2D eigenvalue weighted by Gasteiger charge is -2.15. The molecule has 0 fully saturated rings. The lowest BCUT2D eigenvalue weighted by Crippen LogP contribution is -2.36. The van der Waals surface area contributed by atoms with Crippen LogP contribution in [0.2, 0.25) is 0 Å². The molecule has 27 heavy (non-hydrogen) atoms. The quantitative estimate of drug-likeness (QED) is 0.399. The fourth-order valence-electron chi connectivity index (χ4n) is 2.43. The van der Waals surface area contributed by atoms with E-state index in [0.29, 0.717) is 38.2 Å². The number of nitrogens with one attached hydrogen (secondary N) is 2. The van der Waals surface area contributed by atoms with Crippen molar-refractivity contribution in [3.8, 4) is 5.75 Å². The van der Waals surface area contributed by atoms with Crippen LogP contribution in [0, 0.1) is 6.92 Å². The van der Waals surface area contributed by atoms with Crippen LogP contribution in [-0.4, -0.2) is 38.5 Å². The van der Waals surface area contributed by atoms with Gasteiger partial charge in [0.15, 0.2) is 11.7 Å². The van der Waals surface area contributed by atoms with Crippen molar-refractivity contribution in [1.82, 2.24) is 15.8 Å². The summed E-state index contributed by atoms with van der Waals surface area (Å²) in [5, 5.41) is 10.6. The number of hydrogen-bond donors (Lipinski definition) is 2. The van der Waals surface area contributed by atoms with Crippen LogP contribution in [0.4, 0.5) is 0 Å². The fraction of sp³-hybridized carbons (Fsp3) is 0.500. The zero-order chi connectivity index (χ0) is 19.6. The molecule has 0 aliphatic carbocycles. The highest BCUT2D eigenvalue weighted by Crippen LogP contribution is 2.20. The van der Waals surface area contributed by atoms with Gasteiger partial charge in [0, 0.05) is 32.3 Å². The molecule has 0 saturated carbocycles. The van der Waals surface area contributed by atoms with Crippen LogP contribution in [0.3, 0.4) is 0 Å². The lowest BCUT2D eigenvalue weighted by atomic mass is 10.1. The van der Waals surface area contributed by atoms with E-state index in [2.05, 4.69) is 46.8 Å². The third kappa shape index (κ3) is 6.60. The predicted octanol–water partition coefficient (Wildman–Crippen LogP) is 3.00. The summed E-state index contributed by atoms with van der Waals surface area (Å²) in [6.45, 7) is 8.40. The van der Waals surface area contributed by atoms with E-state index in [1.165, 1.54) is 0 Å². The Bertz CT molecular complexity index is 741. The second kappa shape index (κ2) is 10.6. The Labute approximate surface area is 161 Å². The molecule has 0 aliphatic heterocycles. The Hall–Kier alpha value is -2.54. The average molecular weight is 374 g/mol. The topological polar surface area (TPSA) is 80.9 Å². The van der Waals surface area contributed by atoms with Crippen molar-refractivity contribution in [1.29, 1.82) is 0 Å². The number of nitrogens with zero attached hydrogens (tertiary/aromatic N) is 2. The van der Waals surface area contributed by atoms with E-state index in [0.717, 1.165) is 28.3 Å². The maximum absolute atomic E-state index is 5.83. The number of benzene rings is 1. The smallest absolute Gasteiger partial charge is 0.191 e. The fourth-order valence-corrected chi connectivity index (χ4v) is 2.43. The second-order valence-electron chi connectivity index (χ2n) is 6.60. The van der Waals surface area contributed by atoms with Crippen molar-refractivity contribution in [3.63, 3.8) is 0 Å². The summed E-state index contributed by atoms with van der Waals surface area (Å²) in [4.78, 5) is 4.25. The first-order valence-electron chi connectivity index (χ1n) is 9.14. The van der Waals surface area contributed by atoms with Crippen molar-refractivity contribution in [2.24, 2.45) is 4.99 Å². The second-order valence-corrected chi connectivity index (χ2v) is 6.60. The average Bonchev–Trinajstić information content (AvgIpc) is 3.13. The van der Waals surface area contributed by atoms with Crippen LogP contribution in [0.1, 0.15) is 42.3 Å². The Morgan fingerprint density at radius 1 is 1.19 bits per heavy atom. The molecule has 0 aliphatic rings. The molecule has 0 atom stereocenters. The van der Waals surface area contributed by atoms with Gasteiger partial charge >= 0.3 is 0 Å². The van der Waals surface area contributed by atoms with Crippen molar-refractivity contribution in [3.05, 3.63) is 46.8 Å². The molecule has 0 unspecified atom stereocenters. The number of aliphatic imine (C=N–C) groups is 1. The third-order valence-corrected chi connectivity index (χ3v) is 4.04. The normalized spacial score (nSPS) is 11.7. The summed E-state index contributed by atoms with van der Waals surface area (Å²) < 4.78 is 16.2. The molecular weight excluding hydrogens is 344 g/mol. The monoisotopic (exact) mass is 374 g/mol. The first-order valence-corrected chi connectivity index (χ1v) is 9.14. The van der Waals surface area contributed by atoms with Gasteiger partial charge in [0.2, 0.25) is 0 Å². The Morgan fingerprint density at radius 3 is 2.63 bits per heavy atom. The molecule has 2 rings (SSSR count). The number of rotatable bonds is 9. The minimum Gasteiger partial charge on any atom is -0.491 e. The number of ether oxygens (including phenoxy) is 2. The van der Waals surface area contributed by atoms with Crippen LogP contribution >= 0.6 is 0 Å². The zero-order valence-corrected chi connectivity index (χ0v) is 16.8. The minimum absolute atomic E-state index is 0.345. The van der Waals surface area contributed by atoms with Gasteiger partial charge in [-0.15, -0.1) is 0 Å². The van der Waals surface area contributed by atoms with Gasteiger partial charge in [-0.3, -0.25) is 4.99 Å². The van der Waals surface area contributed by atoms with Gasteiger partial charge in [-0.1, -0.05) is 31.1 Å². The molecule has 2 aromatic rings. The number of aromatic nitrogens is 1. The standard InChI is InChI=1S/C20H30N4O3/c1-14(2)18-11-17(27-24-18)13-23-20(21-4)22-12-16-7-6-15(3)10-19(16)26-9-8-25-5/h6-7,10-11,14H,8-9,12-13H2,1-5H3,(H2,21,22,23). The first-order chi connectivity index (χ1) is 13.0. The summed E-state index contributed by atoms with van der Waals surface area (Å²) in [6, 6.07) is 8.12. The molecule has 1 aromatic heterocycles. The Balaban J connectivity index is 1.91. The van der Waals surface area contributed by atoms with Gasteiger partial charge in [-0.05, 0) is 24.5 Å². The van der Waals surface area contributed by atoms with Gasteiger partial charge in [-0.2, -0.15) is 0 Å². The van der Waals surface area contributed by atoms with Crippen LogP contribution < -0.4 is 15.4 Å². The van der Waals surface area contributed by atoms with Gasteiger partial charge in [-0.25, -0.2) is 0 Å². The Kier molecular flexibility index (Phi) is 8.13. The molecule has 7 nitrogen and oxygen atoms in total. The molecule has 0 amide bonds. The summed E-state index contributed by atoms with van der Waals surface area (Å²) in [6.07, 6.45) is 0. The largest absolute Gasteiger partial charge is 0.491 e. The number of guanidine groups is 1. The molecule has 1 aromatic carbocycles. The lowest BCUT2D eigenvalue weighted by molar-refractivity contribution is 0.145. The number of methoxy groups -OCH3 is 1. The summed E-state index contributed by atoms with van der Waals surface area (Å²) >= 11 is 0. The van der Waals surface area contributed by atoms with E-state index in [1.54, 1.807) is 14.2 Å². The molecule has 0 bridgehead atoms. The highest BCUT2D eigenvalue weighted by atomic mass is 16.5. The van der Waals surface area contributed by atoms with Crippen LogP contribution in [0.25, 0.3) is 0 Å². The van der Waals surface area contributed by atoms with Crippen molar-refractivity contribution in [2.45, 2.75) is 39.8 Å². The van der Waals surface area contributed by atoms with E-state index in [9.17, 15) is 0 Å². The molecule has 148 valence electrons. The minimum atomic E-state index is 0.345. The summed E-state index contributed by atoms with van der Waals surface area (Å²) in [7, 11) is 3.40. The summed E-state index contributed by atoms with van der Waals surface area (Å²) in [5.74, 6) is 2.66. The Morgan fingerprint density at radius 2 is 1.96 bits per heavy atom. The van der Waals surface area contributed by atoms with Gasteiger partial charge < -0.3 is 24.6 Å². The molecule has 0 radical (unpaired) electrons. The summed E-state index contributed by atoms with van der Waals surface area (Å²) in [5.41, 5.74) is 3.16. The van der Waals surface area contributed by atoms with E-state index < -0.39 is 0 Å². The van der Waals surface area contributed by atoms with Crippen molar-refractivity contribution in [2.75, 3.05) is 27.4 Å². The molecule has 7 heteroatoms. The van der Waals surface area contributed by atoms with Gasteiger partial charge in [0.1, 0.15) is 12.4 Å². The molecule has 2 N–H and O–H groups in total. The predicted molar refractivity (Wildman–Crippen MR) is 106 cm³/mol. The molecule has 1 heterocycles. The number of hydrogen-bond acceptors (Lipinski definition) is 5. The highest BCUT2D eigenvalue weighted by Gasteiger charge is 2.09. The molecular formula is C20H30N4O3. The third-order valence-electron chi connectivity index (χ3n) is 4.04. The maximum atomic E-state index is 5.83. The van der Waals surface area contributed by atoms with Gasteiger partial charge in [0.05, 0.1) is 18.8 Å². The van der Waals surface area contributed by atoms with E-state index in [1.807, 2.05) is 19.1 Å². The van der Waals surface area contributed by atoms with Crippen LogP contribution in [-0.2, 0) is 17.8 Å². The van der Waals surface area contributed by atoms with Crippen molar-refractivity contribution < 1.29 is 14.0 Å². The van der Waals surface area contributed by atoms with Crippen molar-refractivity contribution >= 4 is 5.96 Å². The maximum Gasteiger partial charge on any atom is 0.191 e. The van der Waals surface area contributed by atoms with E-state index in [-0.39, 0.29) is 0 Å². The molecule has 0 spiro atoms. The SMILES string of the molecule is CN=C(NCc1cc(C(C)C)no1)NCc1ccc(C)cc1OCCOC. The highest BCUT2D eigenvalue weighted by molar-refractivity contribution is 5.79. The van der Waals surface area contributed by atoms with Gasteiger partial charge in [0.25, 0.3) is 0 Å². The molecule has 0 saturated heterocycles. The zero-order valence-electron chi connectivity index (χ0n) is 16.8. The van der Waals surface area contributed by atoms with Crippen LogP contribution in [0.5, 0.6) is 5.75 Å². The first kappa shape index (κ1) is 20.8. The van der Waals surface area contributed by atoms with E-state index in [4.69, 9.17) is 14.0 Å². The van der Waals surface area contributed by atoms with Crippen LogP contribution in [0.15, 0.2) is 33.8 Å².